The largest absolute Gasteiger partial charge is 0.338 e. The molecule has 2 aromatic carbocycles. The van der Waals surface area contributed by atoms with Gasteiger partial charge in [0.1, 0.15) is 0 Å². The topological polar surface area (TPSA) is 98.5 Å². The predicted octanol–water partition coefficient (Wildman–Crippen LogP) is 3.60. The molecule has 0 radical (unpaired) electrons. The molecule has 3 rings (SSSR count). The summed E-state index contributed by atoms with van der Waals surface area (Å²) < 4.78 is 27.4. The number of amides is 1. The van der Waals surface area contributed by atoms with Crippen molar-refractivity contribution < 1.29 is 18.0 Å². The molecule has 1 aliphatic rings. The van der Waals surface area contributed by atoms with E-state index < -0.39 is 10.0 Å². The SMILES string of the molecule is CCCN(Cc1ccc(C#N)cc1)C(=O)C1CCN(S(=O)(=O)c2ccc(C(C)=O)cc2)CC1. The Hall–Kier alpha value is -3.02. The second-order valence-corrected chi connectivity index (χ2v) is 10.3. The average molecular weight is 468 g/mol. The third kappa shape index (κ3) is 5.86. The number of piperidine rings is 1. The Kier molecular flexibility index (Phi) is 8.01. The standard InChI is InChI=1S/C25H29N3O4S/c1-3-14-27(18-21-6-4-20(17-26)5-7-21)25(30)23-12-15-28(16-13-23)33(31,32)24-10-8-22(9-11-24)19(2)29/h4-11,23H,3,12-16,18H2,1-2H3. The van der Waals surface area contributed by atoms with E-state index in [1.807, 2.05) is 24.0 Å². The van der Waals surface area contributed by atoms with Crippen LogP contribution in [0.2, 0.25) is 0 Å². The minimum Gasteiger partial charge on any atom is -0.338 e. The molecule has 7 nitrogen and oxygen atoms in total. The van der Waals surface area contributed by atoms with Crippen molar-refractivity contribution >= 4 is 21.7 Å². The lowest BCUT2D eigenvalue weighted by molar-refractivity contribution is -0.137. The van der Waals surface area contributed by atoms with Crippen molar-refractivity contribution in [1.29, 1.82) is 5.26 Å². The number of benzene rings is 2. The third-order valence-corrected chi connectivity index (χ3v) is 7.88. The fourth-order valence-electron chi connectivity index (χ4n) is 4.05. The van der Waals surface area contributed by atoms with Crippen molar-refractivity contribution in [2.45, 2.75) is 44.6 Å². The van der Waals surface area contributed by atoms with Gasteiger partial charge in [0.05, 0.1) is 16.5 Å². The summed E-state index contributed by atoms with van der Waals surface area (Å²) in [7, 11) is -3.67. The van der Waals surface area contributed by atoms with E-state index in [2.05, 4.69) is 6.07 Å². The highest BCUT2D eigenvalue weighted by atomic mass is 32.2. The molecule has 1 heterocycles. The van der Waals surface area contributed by atoms with E-state index >= 15 is 0 Å². The van der Waals surface area contributed by atoms with Crippen molar-refractivity contribution in [3.05, 3.63) is 65.2 Å². The van der Waals surface area contributed by atoms with Gasteiger partial charge in [0, 0.05) is 37.7 Å². The fourth-order valence-corrected chi connectivity index (χ4v) is 5.52. The molecule has 33 heavy (non-hydrogen) atoms. The number of sulfonamides is 1. The van der Waals surface area contributed by atoms with Crippen LogP contribution in [0.25, 0.3) is 0 Å². The zero-order valence-electron chi connectivity index (χ0n) is 19.0. The van der Waals surface area contributed by atoms with Crippen LogP contribution < -0.4 is 0 Å². The Balaban J connectivity index is 1.64. The van der Waals surface area contributed by atoms with Gasteiger partial charge in [0.2, 0.25) is 15.9 Å². The van der Waals surface area contributed by atoms with Crippen LogP contribution >= 0.6 is 0 Å². The van der Waals surface area contributed by atoms with Crippen molar-refractivity contribution in [2.75, 3.05) is 19.6 Å². The molecule has 8 heteroatoms. The number of ketones is 1. The Labute approximate surface area is 195 Å². The van der Waals surface area contributed by atoms with Crippen LogP contribution in [0, 0.1) is 17.2 Å². The van der Waals surface area contributed by atoms with Gasteiger partial charge in [-0.2, -0.15) is 9.57 Å². The molecule has 0 atom stereocenters. The molecule has 1 amide bonds. The number of hydrogen-bond acceptors (Lipinski definition) is 5. The number of nitrogens with zero attached hydrogens (tertiary/aromatic N) is 3. The molecule has 0 aliphatic carbocycles. The van der Waals surface area contributed by atoms with Crippen LogP contribution in [0.4, 0.5) is 0 Å². The molecule has 0 N–H and O–H groups in total. The first kappa shape index (κ1) is 24.6. The van der Waals surface area contributed by atoms with Gasteiger partial charge in [-0.15, -0.1) is 0 Å². The number of nitriles is 1. The summed E-state index contributed by atoms with van der Waals surface area (Å²) in [5.41, 5.74) is 2.01. The lowest BCUT2D eigenvalue weighted by Crippen LogP contribution is -2.44. The van der Waals surface area contributed by atoms with Crippen LogP contribution in [0.15, 0.2) is 53.4 Å². The second-order valence-electron chi connectivity index (χ2n) is 8.33. The molecular weight excluding hydrogens is 438 g/mol. The smallest absolute Gasteiger partial charge is 0.243 e. The highest BCUT2D eigenvalue weighted by molar-refractivity contribution is 7.89. The van der Waals surface area contributed by atoms with Gasteiger partial charge in [0.15, 0.2) is 5.78 Å². The monoisotopic (exact) mass is 467 g/mol. The van der Waals surface area contributed by atoms with Gasteiger partial charge in [-0.3, -0.25) is 9.59 Å². The van der Waals surface area contributed by atoms with Gasteiger partial charge >= 0.3 is 0 Å². The molecule has 1 saturated heterocycles. The van der Waals surface area contributed by atoms with Gasteiger partial charge in [-0.1, -0.05) is 31.2 Å². The van der Waals surface area contributed by atoms with E-state index in [0.29, 0.717) is 37.1 Å². The molecule has 1 aliphatic heterocycles. The van der Waals surface area contributed by atoms with Crippen LogP contribution in [0.3, 0.4) is 0 Å². The first-order valence-corrected chi connectivity index (χ1v) is 12.6. The second kappa shape index (κ2) is 10.7. The van der Waals surface area contributed by atoms with Crippen molar-refractivity contribution in [1.82, 2.24) is 9.21 Å². The highest BCUT2D eigenvalue weighted by Crippen LogP contribution is 2.26. The summed E-state index contributed by atoms with van der Waals surface area (Å²) in [6.07, 6.45) is 1.76. The summed E-state index contributed by atoms with van der Waals surface area (Å²) in [4.78, 5) is 26.7. The maximum Gasteiger partial charge on any atom is 0.243 e. The number of Topliss-reactive ketones (excluding diaryl/α,β-unsaturated/α-hetero) is 1. The van der Waals surface area contributed by atoms with Crippen LogP contribution in [-0.2, 0) is 21.4 Å². The van der Waals surface area contributed by atoms with Crippen molar-refractivity contribution in [3.63, 3.8) is 0 Å². The number of hydrogen-bond donors (Lipinski definition) is 0. The lowest BCUT2D eigenvalue weighted by Gasteiger charge is -2.33. The van der Waals surface area contributed by atoms with E-state index in [0.717, 1.165) is 12.0 Å². The summed E-state index contributed by atoms with van der Waals surface area (Å²) in [5, 5.41) is 8.96. The third-order valence-electron chi connectivity index (χ3n) is 5.96. The molecule has 0 saturated carbocycles. The van der Waals surface area contributed by atoms with Crippen LogP contribution in [-0.4, -0.2) is 48.9 Å². The zero-order valence-corrected chi connectivity index (χ0v) is 19.8. The van der Waals surface area contributed by atoms with Gasteiger partial charge < -0.3 is 4.90 Å². The number of carbonyl (C=O) groups is 2. The molecule has 0 bridgehead atoms. The molecule has 0 unspecified atom stereocenters. The highest BCUT2D eigenvalue weighted by Gasteiger charge is 2.33. The lowest BCUT2D eigenvalue weighted by atomic mass is 9.96. The van der Waals surface area contributed by atoms with E-state index in [4.69, 9.17) is 5.26 Å². The predicted molar refractivity (Wildman–Crippen MR) is 125 cm³/mol. The fraction of sp³-hybridized carbons (Fsp3) is 0.400. The molecule has 0 aromatic heterocycles. The van der Waals surface area contributed by atoms with Crippen molar-refractivity contribution in [3.8, 4) is 6.07 Å². The molecule has 1 fully saturated rings. The van der Waals surface area contributed by atoms with E-state index in [1.165, 1.54) is 35.5 Å². The van der Waals surface area contributed by atoms with Gasteiger partial charge in [-0.25, -0.2) is 8.42 Å². The minimum absolute atomic E-state index is 0.0454. The zero-order chi connectivity index (χ0) is 24.0. The quantitative estimate of drug-likeness (QED) is 0.553. The molecule has 0 spiro atoms. The summed E-state index contributed by atoms with van der Waals surface area (Å²) >= 11 is 0. The molecular formula is C25H29N3O4S. The minimum atomic E-state index is -3.67. The summed E-state index contributed by atoms with van der Waals surface area (Å²) in [6, 6.07) is 15.3. The van der Waals surface area contributed by atoms with E-state index in [9.17, 15) is 18.0 Å². The van der Waals surface area contributed by atoms with Gasteiger partial charge in [0.25, 0.3) is 0 Å². The summed E-state index contributed by atoms with van der Waals surface area (Å²) in [6.45, 7) is 5.12. The Morgan fingerprint density at radius 2 is 1.67 bits per heavy atom. The normalized spacial score (nSPS) is 15.1. The number of carbonyl (C=O) groups excluding carboxylic acids is 2. The maximum absolute atomic E-state index is 13.2. The van der Waals surface area contributed by atoms with Crippen LogP contribution in [0.5, 0.6) is 0 Å². The first-order valence-electron chi connectivity index (χ1n) is 11.1. The Morgan fingerprint density at radius 1 is 1.06 bits per heavy atom. The first-order chi connectivity index (χ1) is 15.8. The Morgan fingerprint density at radius 3 is 2.18 bits per heavy atom. The van der Waals surface area contributed by atoms with E-state index in [-0.39, 0.29) is 35.6 Å². The maximum atomic E-state index is 13.2. The van der Waals surface area contributed by atoms with E-state index in [1.54, 1.807) is 12.1 Å². The number of rotatable bonds is 8. The summed E-state index contributed by atoms with van der Waals surface area (Å²) in [5.74, 6) is -0.290. The molecule has 174 valence electrons. The van der Waals surface area contributed by atoms with Gasteiger partial charge in [-0.05, 0) is 56.0 Å². The Bertz CT molecular complexity index is 1130. The average Bonchev–Trinajstić information content (AvgIpc) is 2.84. The molecule has 2 aromatic rings. The van der Waals surface area contributed by atoms with Crippen molar-refractivity contribution in [2.24, 2.45) is 5.92 Å². The van der Waals surface area contributed by atoms with Crippen LogP contribution in [0.1, 0.15) is 54.6 Å².